The van der Waals surface area contributed by atoms with Gasteiger partial charge in [0.15, 0.2) is 0 Å². The third kappa shape index (κ3) is 4.54. The van der Waals surface area contributed by atoms with Crippen LogP contribution in [0.15, 0.2) is 36.7 Å². The Kier molecular flexibility index (Phi) is 6.01. The lowest BCUT2D eigenvalue weighted by molar-refractivity contribution is 0.0570. The Morgan fingerprint density at radius 1 is 1.18 bits per heavy atom. The molecule has 0 saturated carbocycles. The van der Waals surface area contributed by atoms with E-state index in [1.165, 1.54) is 12.4 Å². The van der Waals surface area contributed by atoms with Crippen LogP contribution >= 0.6 is 0 Å². The molecule has 9 heteroatoms. The molecule has 0 atom stereocenters. The molecule has 1 fully saturated rings. The summed E-state index contributed by atoms with van der Waals surface area (Å²) in [5, 5.41) is 11.9. The number of nitrogens with zero attached hydrogens (tertiary/aromatic N) is 5. The normalized spacial score (nSPS) is 13.6. The van der Waals surface area contributed by atoms with Crippen LogP contribution in [-0.2, 0) is 4.74 Å². The topological polar surface area (TPSA) is 111 Å². The summed E-state index contributed by atoms with van der Waals surface area (Å²) in [6.45, 7) is 3.81. The number of hydrogen-bond donors (Lipinski definition) is 1. The predicted octanol–water partition coefficient (Wildman–Crippen LogP) is 2.01. The Morgan fingerprint density at radius 3 is 2.50 bits per heavy atom. The van der Waals surface area contributed by atoms with Crippen molar-refractivity contribution in [3.05, 3.63) is 47.8 Å². The van der Waals surface area contributed by atoms with Crippen molar-refractivity contribution in [3.63, 3.8) is 0 Å². The second-order valence-corrected chi connectivity index (χ2v) is 6.09. The molecule has 0 unspecified atom stereocenters. The van der Waals surface area contributed by atoms with Gasteiger partial charge in [0.25, 0.3) is 5.91 Å². The molecule has 3 rings (SSSR count). The number of amides is 2. The van der Waals surface area contributed by atoms with E-state index in [4.69, 9.17) is 10.00 Å². The molecule has 9 nitrogen and oxygen atoms in total. The Hall–Kier alpha value is -3.67. The minimum absolute atomic E-state index is 0.179. The largest absolute Gasteiger partial charge is 0.450 e. The smallest absolute Gasteiger partial charge is 0.409 e. The summed E-state index contributed by atoms with van der Waals surface area (Å²) in [5.41, 5.74) is 1.59. The Morgan fingerprint density at radius 2 is 1.86 bits per heavy atom. The molecular formula is C19H20N6O3. The van der Waals surface area contributed by atoms with Gasteiger partial charge in [0.1, 0.15) is 0 Å². The lowest BCUT2D eigenvalue weighted by atomic mass is 10.2. The Balaban J connectivity index is 1.58. The van der Waals surface area contributed by atoms with E-state index in [0.717, 1.165) is 0 Å². The molecule has 0 bridgehead atoms. The van der Waals surface area contributed by atoms with Crippen LogP contribution in [0.25, 0.3) is 0 Å². The van der Waals surface area contributed by atoms with Crippen LogP contribution < -0.4 is 5.32 Å². The number of carbonyl (C=O) groups excluding carboxylic acids is 2. The van der Waals surface area contributed by atoms with Crippen LogP contribution in [0.2, 0.25) is 0 Å². The molecule has 1 aromatic heterocycles. The zero-order valence-corrected chi connectivity index (χ0v) is 15.5. The summed E-state index contributed by atoms with van der Waals surface area (Å²) >= 11 is 0. The monoisotopic (exact) mass is 380 g/mol. The molecule has 1 saturated heterocycles. The number of carbonyl (C=O) groups is 2. The van der Waals surface area contributed by atoms with Gasteiger partial charge in [-0.2, -0.15) is 5.26 Å². The number of ether oxygens (including phenoxy) is 1. The van der Waals surface area contributed by atoms with Crippen molar-refractivity contribution in [2.45, 2.75) is 6.92 Å². The first-order valence-corrected chi connectivity index (χ1v) is 8.91. The van der Waals surface area contributed by atoms with Crippen LogP contribution in [0.4, 0.5) is 16.4 Å². The maximum absolute atomic E-state index is 12.6. The zero-order valence-electron chi connectivity index (χ0n) is 15.5. The van der Waals surface area contributed by atoms with E-state index in [9.17, 15) is 9.59 Å². The van der Waals surface area contributed by atoms with Gasteiger partial charge in [0.05, 0.1) is 23.8 Å². The van der Waals surface area contributed by atoms with Crippen LogP contribution in [0, 0.1) is 11.3 Å². The number of rotatable bonds is 4. The van der Waals surface area contributed by atoms with Gasteiger partial charge in [-0.3, -0.25) is 4.79 Å². The van der Waals surface area contributed by atoms with Crippen molar-refractivity contribution in [1.29, 1.82) is 5.26 Å². The summed E-state index contributed by atoms with van der Waals surface area (Å²) in [5.74, 6) is 0.153. The fourth-order valence-electron chi connectivity index (χ4n) is 2.79. The molecule has 0 radical (unpaired) electrons. The molecule has 2 aromatic rings. The maximum Gasteiger partial charge on any atom is 0.409 e. The molecule has 0 aliphatic carbocycles. The Labute approximate surface area is 162 Å². The molecule has 28 heavy (non-hydrogen) atoms. The average Bonchev–Trinajstić information content (AvgIpc) is 2.74. The number of anilines is 2. The first kappa shape index (κ1) is 19.1. The summed E-state index contributed by atoms with van der Waals surface area (Å²) in [6.07, 6.45) is 2.57. The minimum atomic E-state index is -0.353. The first-order valence-electron chi connectivity index (χ1n) is 8.91. The van der Waals surface area contributed by atoms with Crippen molar-refractivity contribution < 1.29 is 14.3 Å². The van der Waals surface area contributed by atoms with E-state index in [-0.39, 0.29) is 12.0 Å². The van der Waals surface area contributed by atoms with E-state index in [1.54, 1.807) is 41.0 Å². The highest BCUT2D eigenvalue weighted by molar-refractivity contribution is 5.93. The third-order valence-electron chi connectivity index (χ3n) is 4.24. The highest BCUT2D eigenvalue weighted by atomic mass is 16.6. The fraction of sp³-hybridized carbons (Fsp3) is 0.316. The lowest BCUT2D eigenvalue weighted by Gasteiger charge is -2.33. The van der Waals surface area contributed by atoms with Crippen LogP contribution in [0.3, 0.4) is 0 Å². The standard InChI is InChI=1S/C19H20N6O3/c1-2-28-19(27)25-8-6-24(7-9-25)17(26)15-12-21-18(22-13-15)23-16-5-3-4-14(10-16)11-20/h3-5,10,12-13H,2,6-9H2,1H3,(H,21,22,23). The molecular weight excluding hydrogens is 360 g/mol. The number of aromatic nitrogens is 2. The average molecular weight is 380 g/mol. The van der Waals surface area contributed by atoms with Gasteiger partial charge in [-0.1, -0.05) is 6.07 Å². The summed E-state index contributed by atoms with van der Waals surface area (Å²) in [6, 6.07) is 9.01. The number of piperazine rings is 1. The van der Waals surface area contributed by atoms with Crippen LogP contribution in [0.5, 0.6) is 0 Å². The van der Waals surface area contributed by atoms with E-state index in [2.05, 4.69) is 21.4 Å². The molecule has 1 aliphatic rings. The summed E-state index contributed by atoms with van der Waals surface area (Å²) < 4.78 is 4.98. The van der Waals surface area contributed by atoms with Gasteiger partial charge in [-0.25, -0.2) is 14.8 Å². The lowest BCUT2D eigenvalue weighted by Crippen LogP contribution is -2.50. The molecule has 2 amide bonds. The van der Waals surface area contributed by atoms with Gasteiger partial charge in [-0.15, -0.1) is 0 Å². The van der Waals surface area contributed by atoms with E-state index < -0.39 is 0 Å². The quantitative estimate of drug-likeness (QED) is 0.863. The molecule has 2 heterocycles. The van der Waals surface area contributed by atoms with Crippen LogP contribution in [0.1, 0.15) is 22.8 Å². The van der Waals surface area contributed by atoms with Gasteiger partial charge >= 0.3 is 6.09 Å². The number of nitriles is 1. The van der Waals surface area contributed by atoms with Crippen molar-refractivity contribution in [1.82, 2.24) is 19.8 Å². The van der Waals surface area contributed by atoms with E-state index >= 15 is 0 Å². The van der Waals surface area contributed by atoms with E-state index in [1.807, 2.05) is 0 Å². The fourth-order valence-corrected chi connectivity index (χ4v) is 2.79. The zero-order chi connectivity index (χ0) is 19.9. The van der Waals surface area contributed by atoms with Gasteiger partial charge in [-0.05, 0) is 25.1 Å². The summed E-state index contributed by atoms with van der Waals surface area (Å²) in [7, 11) is 0. The number of nitrogens with one attached hydrogen (secondary N) is 1. The van der Waals surface area contributed by atoms with Crippen molar-refractivity contribution >= 4 is 23.6 Å². The van der Waals surface area contributed by atoms with E-state index in [0.29, 0.717) is 55.5 Å². The maximum atomic E-state index is 12.6. The minimum Gasteiger partial charge on any atom is -0.450 e. The SMILES string of the molecule is CCOC(=O)N1CCN(C(=O)c2cnc(Nc3cccc(C#N)c3)nc2)CC1. The van der Waals surface area contributed by atoms with Crippen molar-refractivity contribution in [2.24, 2.45) is 0 Å². The van der Waals surface area contributed by atoms with Gasteiger partial charge in [0, 0.05) is 44.3 Å². The second kappa shape index (κ2) is 8.81. The predicted molar refractivity (Wildman–Crippen MR) is 101 cm³/mol. The third-order valence-corrected chi connectivity index (χ3v) is 4.24. The van der Waals surface area contributed by atoms with Crippen LogP contribution in [-0.4, -0.2) is 64.6 Å². The number of benzene rings is 1. The first-order chi connectivity index (χ1) is 13.6. The molecule has 0 spiro atoms. The van der Waals surface area contributed by atoms with Crippen molar-refractivity contribution in [3.8, 4) is 6.07 Å². The highest BCUT2D eigenvalue weighted by Gasteiger charge is 2.25. The molecule has 1 aliphatic heterocycles. The molecule has 1 N–H and O–H groups in total. The second-order valence-electron chi connectivity index (χ2n) is 6.09. The van der Waals surface area contributed by atoms with Gasteiger partial charge < -0.3 is 19.9 Å². The van der Waals surface area contributed by atoms with Gasteiger partial charge in [0.2, 0.25) is 5.95 Å². The Bertz CT molecular complexity index is 885. The summed E-state index contributed by atoms with van der Waals surface area (Å²) in [4.78, 5) is 35.9. The van der Waals surface area contributed by atoms with Crippen molar-refractivity contribution in [2.75, 3.05) is 38.1 Å². The molecule has 1 aromatic carbocycles. The highest BCUT2D eigenvalue weighted by Crippen LogP contribution is 2.15. The number of hydrogen-bond acceptors (Lipinski definition) is 7. The molecule has 144 valence electrons.